The third-order valence-corrected chi connectivity index (χ3v) is 9.75. The lowest BCUT2D eigenvalue weighted by molar-refractivity contribution is -0.870. The zero-order valence-corrected chi connectivity index (χ0v) is 37.0. The van der Waals surface area contributed by atoms with Crippen molar-refractivity contribution < 1.29 is 42.1 Å². The highest BCUT2D eigenvalue weighted by Gasteiger charge is 2.27. The van der Waals surface area contributed by atoms with Crippen LogP contribution in [0, 0.1) is 0 Å². The number of carbonyl (C=O) groups excluding carboxylic acids is 2. The molecule has 2 atom stereocenters. The van der Waals surface area contributed by atoms with Crippen LogP contribution in [0.15, 0.2) is 72.9 Å². The SMILES string of the molecule is CC/C=C\C/C=C\C/C=C\C/C=C\C/C=C\C/C=C\CCC(=O)O[C@@H](COC(=O)CCCCCCCCCCCCCCC)COP(=O)(O)OCC[N+](C)(C)C. The summed E-state index contributed by atoms with van der Waals surface area (Å²) in [7, 11) is 1.42. The van der Waals surface area contributed by atoms with Crippen LogP contribution in [-0.4, -0.2) is 74.9 Å². The Labute approximate surface area is 342 Å². The molecule has 0 saturated heterocycles. The van der Waals surface area contributed by atoms with Gasteiger partial charge < -0.3 is 18.9 Å². The van der Waals surface area contributed by atoms with Crippen molar-refractivity contribution in [3.63, 3.8) is 0 Å². The van der Waals surface area contributed by atoms with E-state index in [-0.39, 0.29) is 26.1 Å². The van der Waals surface area contributed by atoms with Crippen LogP contribution >= 0.6 is 7.82 Å². The van der Waals surface area contributed by atoms with Crippen LogP contribution in [0.3, 0.4) is 0 Å². The van der Waals surface area contributed by atoms with E-state index in [0.29, 0.717) is 17.4 Å². The molecule has 0 aliphatic heterocycles. The third kappa shape index (κ3) is 41.1. The van der Waals surface area contributed by atoms with Crippen molar-refractivity contribution in [3.05, 3.63) is 72.9 Å². The predicted octanol–water partition coefficient (Wildman–Crippen LogP) is 12.2. The number of likely N-dealkylation sites (N-methyl/N-ethyl adjacent to an activating group) is 1. The average molecular weight is 807 g/mol. The molecule has 1 unspecified atom stereocenters. The highest BCUT2D eigenvalue weighted by atomic mass is 31.2. The lowest BCUT2D eigenvalue weighted by atomic mass is 10.0. The number of carbonyl (C=O) groups is 2. The Morgan fingerprint density at radius 3 is 1.48 bits per heavy atom. The lowest BCUT2D eigenvalue weighted by Gasteiger charge is -2.24. The van der Waals surface area contributed by atoms with Gasteiger partial charge in [-0.15, -0.1) is 0 Å². The molecule has 0 aliphatic carbocycles. The molecule has 0 fully saturated rings. The third-order valence-electron chi connectivity index (χ3n) is 8.76. The first-order valence-electron chi connectivity index (χ1n) is 21.7. The summed E-state index contributed by atoms with van der Waals surface area (Å²) in [6.45, 7) is 4.20. The highest BCUT2D eigenvalue weighted by Crippen LogP contribution is 2.43. The monoisotopic (exact) mass is 807 g/mol. The van der Waals surface area contributed by atoms with Crippen LogP contribution in [0.1, 0.15) is 155 Å². The van der Waals surface area contributed by atoms with Gasteiger partial charge in [-0.1, -0.05) is 164 Å². The van der Waals surface area contributed by atoms with Crippen molar-refractivity contribution >= 4 is 19.8 Å². The van der Waals surface area contributed by atoms with E-state index in [4.69, 9.17) is 18.5 Å². The summed E-state index contributed by atoms with van der Waals surface area (Å²) >= 11 is 0. The number of rotatable bonds is 38. The van der Waals surface area contributed by atoms with E-state index in [9.17, 15) is 19.0 Å². The first-order valence-corrected chi connectivity index (χ1v) is 23.2. The van der Waals surface area contributed by atoms with Crippen LogP contribution in [0.25, 0.3) is 0 Å². The molecule has 0 rings (SSSR count). The largest absolute Gasteiger partial charge is 0.472 e. The van der Waals surface area contributed by atoms with Gasteiger partial charge in [-0.2, -0.15) is 0 Å². The molecular weight excluding hydrogens is 725 g/mol. The molecule has 0 aromatic heterocycles. The Balaban J connectivity index is 4.51. The number of ether oxygens (including phenoxy) is 2. The summed E-state index contributed by atoms with van der Waals surface area (Å²) < 4.78 is 34.2. The second-order valence-corrected chi connectivity index (χ2v) is 16.8. The van der Waals surface area contributed by atoms with Gasteiger partial charge >= 0.3 is 19.8 Å². The van der Waals surface area contributed by atoms with Gasteiger partial charge in [-0.3, -0.25) is 18.6 Å². The summed E-state index contributed by atoms with van der Waals surface area (Å²) in [6.07, 6.45) is 46.8. The Kier molecular flexibility index (Phi) is 36.3. The van der Waals surface area contributed by atoms with Crippen molar-refractivity contribution in [2.75, 3.05) is 47.5 Å². The molecule has 0 saturated carbocycles. The fourth-order valence-corrected chi connectivity index (χ4v) is 6.13. The number of phosphoric ester groups is 1. The molecular formula is C46H81NO8P+. The van der Waals surface area contributed by atoms with E-state index in [1.807, 2.05) is 33.3 Å². The number of hydrogen-bond donors (Lipinski definition) is 1. The van der Waals surface area contributed by atoms with Gasteiger partial charge in [0.05, 0.1) is 27.7 Å². The number of nitrogens with zero attached hydrogens (tertiary/aromatic N) is 1. The van der Waals surface area contributed by atoms with Crippen molar-refractivity contribution in [1.29, 1.82) is 0 Å². The second kappa shape index (κ2) is 38.0. The molecule has 10 heteroatoms. The molecule has 0 aromatic rings. The Morgan fingerprint density at radius 1 is 0.571 bits per heavy atom. The maximum atomic E-state index is 12.6. The van der Waals surface area contributed by atoms with Gasteiger partial charge in [0.1, 0.15) is 19.8 Å². The minimum atomic E-state index is -4.40. The van der Waals surface area contributed by atoms with Gasteiger partial charge in [0.25, 0.3) is 0 Å². The molecule has 56 heavy (non-hydrogen) atoms. The molecule has 0 aromatic carbocycles. The summed E-state index contributed by atoms with van der Waals surface area (Å²) in [6, 6.07) is 0. The zero-order valence-electron chi connectivity index (χ0n) is 36.1. The molecule has 0 spiro atoms. The molecule has 0 bridgehead atoms. The summed E-state index contributed by atoms with van der Waals surface area (Å²) in [5.41, 5.74) is 0. The Hall–Kier alpha value is -2.55. The molecule has 0 heterocycles. The maximum Gasteiger partial charge on any atom is 0.472 e. The van der Waals surface area contributed by atoms with Crippen molar-refractivity contribution in [2.24, 2.45) is 0 Å². The van der Waals surface area contributed by atoms with Crippen LogP contribution in [0.2, 0.25) is 0 Å². The van der Waals surface area contributed by atoms with E-state index >= 15 is 0 Å². The van der Waals surface area contributed by atoms with E-state index in [1.54, 1.807) is 0 Å². The fraction of sp³-hybridized carbons (Fsp3) is 0.696. The van der Waals surface area contributed by atoms with Crippen molar-refractivity contribution in [3.8, 4) is 0 Å². The number of esters is 2. The zero-order chi connectivity index (χ0) is 41.4. The standard InChI is InChI=1S/C46H80NO8P/c1-6-8-10-12-14-16-18-20-21-22-23-24-25-27-29-31-33-35-37-39-46(49)55-44(43-54-56(50,51)53-41-40-47(3,4)5)42-52-45(48)38-36-34-32-30-28-26-19-17-15-13-11-9-7-2/h8,10,14,16,20-21,23-24,27,29,33,35,44H,6-7,9,11-13,15,17-19,22,25-26,28,30-32,34,36-43H2,1-5H3/p+1/b10-8-,16-14-,21-20-,24-23-,29-27-,35-33-/t44-/m0/s1. The summed E-state index contributed by atoms with van der Waals surface area (Å²) in [5, 5.41) is 0. The molecule has 9 nitrogen and oxygen atoms in total. The molecule has 0 radical (unpaired) electrons. The fourth-order valence-electron chi connectivity index (χ4n) is 5.39. The van der Waals surface area contributed by atoms with Gasteiger partial charge in [0, 0.05) is 12.8 Å². The van der Waals surface area contributed by atoms with Gasteiger partial charge in [-0.25, -0.2) is 4.57 Å². The second-order valence-electron chi connectivity index (χ2n) is 15.4. The van der Waals surface area contributed by atoms with Gasteiger partial charge in [0.2, 0.25) is 0 Å². The number of unbranched alkanes of at least 4 members (excludes halogenated alkanes) is 12. The number of allylic oxidation sites excluding steroid dienone is 12. The Bertz CT molecular complexity index is 1180. The quantitative estimate of drug-likeness (QED) is 0.0216. The van der Waals surface area contributed by atoms with Crippen LogP contribution in [-0.2, 0) is 32.7 Å². The van der Waals surface area contributed by atoms with E-state index in [0.717, 1.165) is 57.8 Å². The normalized spacial score (nSPS) is 14.3. The lowest BCUT2D eigenvalue weighted by Crippen LogP contribution is -2.37. The van der Waals surface area contributed by atoms with E-state index < -0.39 is 32.5 Å². The van der Waals surface area contributed by atoms with Crippen molar-refractivity contribution in [1.82, 2.24) is 0 Å². The van der Waals surface area contributed by atoms with Crippen LogP contribution in [0.5, 0.6) is 0 Å². The minimum absolute atomic E-state index is 0.0157. The molecule has 0 amide bonds. The number of hydrogen-bond acceptors (Lipinski definition) is 7. The van der Waals surface area contributed by atoms with Gasteiger partial charge in [0.15, 0.2) is 6.10 Å². The molecule has 0 aliphatic rings. The molecule has 1 N–H and O–H groups in total. The van der Waals surface area contributed by atoms with Crippen LogP contribution < -0.4 is 0 Å². The number of quaternary nitrogens is 1. The van der Waals surface area contributed by atoms with E-state index in [2.05, 4.69) is 74.6 Å². The van der Waals surface area contributed by atoms with Crippen LogP contribution in [0.4, 0.5) is 0 Å². The van der Waals surface area contributed by atoms with Crippen molar-refractivity contribution in [2.45, 2.75) is 161 Å². The predicted molar refractivity (Wildman–Crippen MR) is 233 cm³/mol. The summed E-state index contributed by atoms with van der Waals surface area (Å²) in [4.78, 5) is 35.3. The first-order chi connectivity index (χ1) is 27.0. The average Bonchev–Trinajstić information content (AvgIpc) is 3.15. The minimum Gasteiger partial charge on any atom is -0.462 e. The smallest absolute Gasteiger partial charge is 0.462 e. The Morgan fingerprint density at radius 2 is 1.02 bits per heavy atom. The molecule has 322 valence electrons. The first kappa shape index (κ1) is 53.5. The summed E-state index contributed by atoms with van der Waals surface area (Å²) in [5.74, 6) is -0.900. The number of phosphoric acid groups is 1. The van der Waals surface area contributed by atoms with Gasteiger partial charge in [-0.05, 0) is 51.4 Å². The maximum absolute atomic E-state index is 12.6. The van der Waals surface area contributed by atoms with E-state index in [1.165, 1.54) is 64.2 Å². The topological polar surface area (TPSA) is 108 Å². The highest BCUT2D eigenvalue weighted by molar-refractivity contribution is 7.47.